The second kappa shape index (κ2) is 66.3. The average Bonchev–Trinajstić information content (AvgIpc) is 3.45. The summed E-state index contributed by atoms with van der Waals surface area (Å²) < 4.78 is 16.9. The second-order valence-corrected chi connectivity index (χ2v) is 21.6. The molecule has 0 amide bonds. The summed E-state index contributed by atoms with van der Waals surface area (Å²) in [6, 6.07) is 0. The summed E-state index contributed by atoms with van der Waals surface area (Å²) in [6.07, 6.45) is 92.0. The Balaban J connectivity index is 4.36. The van der Waals surface area contributed by atoms with Gasteiger partial charge in [0.05, 0.1) is 0 Å². The molecule has 79 heavy (non-hydrogen) atoms. The van der Waals surface area contributed by atoms with Crippen LogP contribution in [0, 0.1) is 0 Å². The van der Waals surface area contributed by atoms with Crippen LogP contribution < -0.4 is 0 Å². The van der Waals surface area contributed by atoms with Crippen molar-refractivity contribution in [3.05, 3.63) is 122 Å². The van der Waals surface area contributed by atoms with Crippen molar-refractivity contribution < 1.29 is 28.6 Å². The topological polar surface area (TPSA) is 78.9 Å². The predicted octanol–water partition coefficient (Wildman–Crippen LogP) is 22.8. The van der Waals surface area contributed by atoms with Crippen LogP contribution in [0.3, 0.4) is 0 Å². The van der Waals surface area contributed by atoms with Crippen LogP contribution in [0.15, 0.2) is 122 Å². The number of ether oxygens (including phenoxy) is 3. The van der Waals surface area contributed by atoms with E-state index in [2.05, 4.69) is 142 Å². The summed E-state index contributed by atoms with van der Waals surface area (Å²) in [7, 11) is 0. The van der Waals surface area contributed by atoms with Crippen molar-refractivity contribution in [1.29, 1.82) is 0 Å². The van der Waals surface area contributed by atoms with E-state index in [4.69, 9.17) is 14.2 Å². The molecule has 0 aromatic rings. The fraction of sp³-hybridized carbons (Fsp3) is 0.685. The van der Waals surface area contributed by atoms with Gasteiger partial charge in [-0.25, -0.2) is 0 Å². The van der Waals surface area contributed by atoms with Crippen molar-refractivity contribution in [1.82, 2.24) is 0 Å². The maximum absolute atomic E-state index is 12.9. The van der Waals surface area contributed by atoms with E-state index in [0.29, 0.717) is 19.3 Å². The first kappa shape index (κ1) is 74.8. The van der Waals surface area contributed by atoms with E-state index in [1.54, 1.807) is 0 Å². The van der Waals surface area contributed by atoms with Crippen LogP contribution in [-0.4, -0.2) is 37.2 Å². The van der Waals surface area contributed by atoms with Crippen LogP contribution in [0.5, 0.6) is 0 Å². The molecule has 0 saturated carbocycles. The van der Waals surface area contributed by atoms with Crippen molar-refractivity contribution in [2.24, 2.45) is 0 Å². The molecule has 6 heteroatoms. The lowest BCUT2D eigenvalue weighted by atomic mass is 10.0. The van der Waals surface area contributed by atoms with Crippen molar-refractivity contribution in [2.45, 2.75) is 309 Å². The highest BCUT2D eigenvalue weighted by Gasteiger charge is 2.19. The molecule has 450 valence electrons. The van der Waals surface area contributed by atoms with E-state index < -0.39 is 6.10 Å². The fourth-order valence-corrected chi connectivity index (χ4v) is 9.02. The van der Waals surface area contributed by atoms with E-state index in [-0.39, 0.29) is 31.1 Å². The van der Waals surface area contributed by atoms with Crippen molar-refractivity contribution in [3.63, 3.8) is 0 Å². The first-order valence-electron chi connectivity index (χ1n) is 33.0. The number of esters is 3. The van der Waals surface area contributed by atoms with Gasteiger partial charge in [0.15, 0.2) is 6.10 Å². The zero-order valence-corrected chi connectivity index (χ0v) is 51.6. The Labute approximate surface area is 488 Å². The average molecular weight is 1100 g/mol. The summed E-state index contributed by atoms with van der Waals surface area (Å²) in [5, 5.41) is 0. The van der Waals surface area contributed by atoms with Crippen LogP contribution in [0.25, 0.3) is 0 Å². The molecule has 0 radical (unpaired) electrons. The quantitative estimate of drug-likeness (QED) is 0.0261. The fourth-order valence-electron chi connectivity index (χ4n) is 9.02. The Morgan fingerprint density at radius 1 is 0.266 bits per heavy atom. The van der Waals surface area contributed by atoms with Gasteiger partial charge < -0.3 is 14.2 Å². The number of hydrogen-bond donors (Lipinski definition) is 0. The standard InChI is InChI=1S/C73H122O6/c1-4-7-10-13-16-19-22-25-27-29-31-32-33-34-35-36-37-38-39-40-42-43-45-48-51-54-57-60-63-66-72(75)78-69-70(68-77-71(74)65-62-59-56-53-50-47-24-21-18-15-12-9-6-3)79-73(76)67-64-61-58-55-52-49-46-44-41-30-28-26-23-20-17-14-11-8-5-2/h7,10,16-17,19-20,25-28,31-32,34-35,37-38,40-42,44,70H,4-6,8-9,11-15,18,21-24,29-30,33,36,39,43,45-69H2,1-3H3/b10-7-,19-16-,20-17-,27-25-,28-26-,32-31-,35-34-,38-37-,42-40-,44-41-. The van der Waals surface area contributed by atoms with Gasteiger partial charge in [-0.15, -0.1) is 0 Å². The van der Waals surface area contributed by atoms with Gasteiger partial charge in [-0.1, -0.05) is 290 Å². The molecule has 0 aliphatic rings. The molecular formula is C73H122O6. The molecule has 0 aromatic heterocycles. The molecule has 1 unspecified atom stereocenters. The zero-order chi connectivity index (χ0) is 57.1. The largest absolute Gasteiger partial charge is 0.462 e. The van der Waals surface area contributed by atoms with Crippen molar-refractivity contribution in [2.75, 3.05) is 13.2 Å². The number of carbonyl (C=O) groups is 3. The lowest BCUT2D eigenvalue weighted by Gasteiger charge is -2.18. The molecule has 0 heterocycles. The molecule has 0 aliphatic carbocycles. The molecular weight excluding hydrogens is 973 g/mol. The first-order valence-corrected chi connectivity index (χ1v) is 33.0. The Kier molecular flexibility index (Phi) is 62.8. The Morgan fingerprint density at radius 3 is 0.797 bits per heavy atom. The Hall–Kier alpha value is -4.19. The van der Waals surface area contributed by atoms with Crippen molar-refractivity contribution in [3.8, 4) is 0 Å². The molecule has 0 N–H and O–H groups in total. The summed E-state index contributed by atoms with van der Waals surface area (Å²) in [6.45, 7) is 6.50. The third kappa shape index (κ3) is 64.5. The van der Waals surface area contributed by atoms with Crippen molar-refractivity contribution >= 4 is 17.9 Å². The maximum atomic E-state index is 12.9. The maximum Gasteiger partial charge on any atom is 0.306 e. The number of unbranched alkanes of at least 4 members (excludes halogenated alkanes) is 28. The number of hydrogen-bond acceptors (Lipinski definition) is 6. The number of carbonyl (C=O) groups excluding carboxylic acids is 3. The lowest BCUT2D eigenvalue weighted by Crippen LogP contribution is -2.30. The molecule has 1 atom stereocenters. The van der Waals surface area contributed by atoms with Gasteiger partial charge in [-0.05, 0) is 116 Å². The molecule has 6 nitrogen and oxygen atoms in total. The second-order valence-electron chi connectivity index (χ2n) is 21.6. The van der Waals surface area contributed by atoms with Crippen LogP contribution in [0.2, 0.25) is 0 Å². The van der Waals surface area contributed by atoms with Gasteiger partial charge in [0.1, 0.15) is 13.2 Å². The van der Waals surface area contributed by atoms with E-state index in [1.165, 1.54) is 128 Å². The number of rotatable bonds is 59. The smallest absolute Gasteiger partial charge is 0.306 e. The van der Waals surface area contributed by atoms with Gasteiger partial charge >= 0.3 is 17.9 Å². The highest BCUT2D eigenvalue weighted by molar-refractivity contribution is 5.71. The van der Waals surface area contributed by atoms with E-state index >= 15 is 0 Å². The van der Waals surface area contributed by atoms with Crippen LogP contribution in [-0.2, 0) is 28.6 Å². The SMILES string of the molecule is CC/C=C\C/C=C\C/C=C\C/C=C\C/C=C\C/C=C\C/C=C\CCCCCCCCCC(=O)OCC(COC(=O)CCCCCCCCCCCCCCC)OC(=O)CCCCCCCC/C=C\C/C=C\C/C=C\CCCCC. The third-order valence-electron chi connectivity index (χ3n) is 14.0. The summed E-state index contributed by atoms with van der Waals surface area (Å²) in [5.74, 6) is -0.904. The molecule has 0 bridgehead atoms. The van der Waals surface area contributed by atoms with Gasteiger partial charge in [0.25, 0.3) is 0 Å². The number of allylic oxidation sites excluding steroid dienone is 20. The third-order valence-corrected chi connectivity index (χ3v) is 14.0. The molecule has 0 rings (SSSR count). The molecule has 0 fully saturated rings. The van der Waals surface area contributed by atoms with Crippen LogP contribution >= 0.6 is 0 Å². The van der Waals surface area contributed by atoms with E-state index in [0.717, 1.165) is 135 Å². The summed E-state index contributed by atoms with van der Waals surface area (Å²) in [5.41, 5.74) is 0. The van der Waals surface area contributed by atoms with E-state index in [1.807, 2.05) is 0 Å². The summed E-state index contributed by atoms with van der Waals surface area (Å²) >= 11 is 0. The molecule has 0 saturated heterocycles. The molecule has 0 spiro atoms. The highest BCUT2D eigenvalue weighted by atomic mass is 16.6. The van der Waals surface area contributed by atoms with Gasteiger partial charge in [0.2, 0.25) is 0 Å². The minimum atomic E-state index is -0.792. The first-order chi connectivity index (χ1) is 39.0. The minimum Gasteiger partial charge on any atom is -0.462 e. The molecule has 0 aliphatic heterocycles. The van der Waals surface area contributed by atoms with E-state index in [9.17, 15) is 14.4 Å². The zero-order valence-electron chi connectivity index (χ0n) is 51.6. The van der Waals surface area contributed by atoms with Crippen LogP contribution in [0.4, 0.5) is 0 Å². The Bertz CT molecular complexity index is 1640. The molecule has 0 aromatic carbocycles. The van der Waals surface area contributed by atoms with Crippen LogP contribution in [0.1, 0.15) is 303 Å². The summed E-state index contributed by atoms with van der Waals surface area (Å²) in [4.78, 5) is 38.3. The van der Waals surface area contributed by atoms with Gasteiger partial charge in [0, 0.05) is 19.3 Å². The lowest BCUT2D eigenvalue weighted by molar-refractivity contribution is -0.167. The highest BCUT2D eigenvalue weighted by Crippen LogP contribution is 2.16. The normalized spacial score (nSPS) is 12.9. The minimum absolute atomic E-state index is 0.0865. The van der Waals surface area contributed by atoms with Gasteiger partial charge in [-0.2, -0.15) is 0 Å². The van der Waals surface area contributed by atoms with Gasteiger partial charge in [-0.3, -0.25) is 14.4 Å². The monoisotopic (exact) mass is 1090 g/mol. The Morgan fingerprint density at radius 2 is 0.494 bits per heavy atom. The predicted molar refractivity (Wildman–Crippen MR) is 343 cm³/mol.